The Labute approximate surface area is 260 Å². The molecular formula is C32H27F3N8O3. The predicted octanol–water partition coefficient (Wildman–Crippen LogP) is 5.02. The molecule has 0 spiro atoms. The summed E-state index contributed by atoms with van der Waals surface area (Å²) >= 11 is 0. The molecule has 46 heavy (non-hydrogen) atoms. The number of aliphatic carboxylic acids is 1. The second-order valence-corrected chi connectivity index (χ2v) is 10.2. The Balaban J connectivity index is 0.000000480. The lowest BCUT2D eigenvalue weighted by Crippen LogP contribution is -2.43. The molecule has 1 saturated heterocycles. The monoisotopic (exact) mass is 628 g/mol. The Hall–Kier alpha value is -5.63. The molecule has 11 nitrogen and oxygen atoms in total. The molecule has 7 rings (SSSR count). The molecule has 0 bridgehead atoms. The van der Waals surface area contributed by atoms with E-state index in [2.05, 4.69) is 36.7 Å². The van der Waals surface area contributed by atoms with Gasteiger partial charge in [0.15, 0.2) is 5.65 Å². The van der Waals surface area contributed by atoms with Gasteiger partial charge in [-0.1, -0.05) is 18.2 Å². The van der Waals surface area contributed by atoms with Crippen molar-refractivity contribution in [2.75, 3.05) is 31.1 Å². The van der Waals surface area contributed by atoms with Crippen LogP contribution in [-0.2, 0) is 11.4 Å². The summed E-state index contributed by atoms with van der Waals surface area (Å²) in [5.41, 5.74) is 6.02. The number of imidazole rings is 1. The summed E-state index contributed by atoms with van der Waals surface area (Å²) in [5, 5.41) is 11.6. The molecule has 5 aromatic heterocycles. The molecule has 0 radical (unpaired) electrons. The van der Waals surface area contributed by atoms with Gasteiger partial charge in [0.2, 0.25) is 5.88 Å². The summed E-state index contributed by atoms with van der Waals surface area (Å²) in [5.74, 6) is -1.21. The van der Waals surface area contributed by atoms with Crippen molar-refractivity contribution in [2.24, 2.45) is 0 Å². The van der Waals surface area contributed by atoms with E-state index in [0.717, 1.165) is 76.8 Å². The van der Waals surface area contributed by atoms with E-state index in [4.69, 9.17) is 29.6 Å². The third kappa shape index (κ3) is 6.86. The average molecular weight is 629 g/mol. The number of anilines is 1. The predicted molar refractivity (Wildman–Crippen MR) is 164 cm³/mol. The number of fused-ring (bicyclic) bond motifs is 2. The molecule has 0 aliphatic carbocycles. The third-order valence-electron chi connectivity index (χ3n) is 7.16. The summed E-state index contributed by atoms with van der Waals surface area (Å²) in [6.45, 7) is 4.13. The fraction of sp³-hybridized carbons (Fsp3) is 0.188. The SMILES string of the molecule is O=C(O)C(F)(F)F.c1ccc2nc(OCc3cn4c(-c5ccc(N6CCNCC6)nc5)cnc(-c5ccncc5)c4n3)ccc2c1. The van der Waals surface area contributed by atoms with Gasteiger partial charge in [-0.15, -0.1) is 0 Å². The van der Waals surface area contributed by atoms with E-state index in [1.807, 2.05) is 67.1 Å². The standard InChI is InChI=1S/C30H26N8O.C2HF3O2/c1-2-4-25-21(3-1)6-8-28(36-25)39-20-24-19-38-26(18-34-29(30(38)35-24)22-9-11-31-12-10-22)23-5-7-27(33-17-23)37-15-13-32-14-16-37;3-2(4,5)1(6)7/h1-12,17-19,32H,13-16,20H2;(H,6,7). The fourth-order valence-corrected chi connectivity index (χ4v) is 4.92. The van der Waals surface area contributed by atoms with E-state index >= 15 is 0 Å². The van der Waals surface area contributed by atoms with Gasteiger partial charge >= 0.3 is 12.1 Å². The molecule has 1 aliphatic heterocycles. The molecule has 0 atom stereocenters. The first kappa shape index (κ1) is 30.4. The van der Waals surface area contributed by atoms with Crippen LogP contribution in [0.4, 0.5) is 19.0 Å². The number of halogens is 3. The van der Waals surface area contributed by atoms with Crippen molar-refractivity contribution < 1.29 is 27.8 Å². The van der Waals surface area contributed by atoms with Crippen molar-refractivity contribution in [3.63, 3.8) is 0 Å². The van der Waals surface area contributed by atoms with Gasteiger partial charge in [0.1, 0.15) is 18.1 Å². The van der Waals surface area contributed by atoms with Crippen LogP contribution in [0.3, 0.4) is 0 Å². The summed E-state index contributed by atoms with van der Waals surface area (Å²) in [6, 6.07) is 20.0. The first-order valence-electron chi connectivity index (χ1n) is 14.2. The van der Waals surface area contributed by atoms with Crippen LogP contribution in [0.25, 0.3) is 39.1 Å². The Morgan fingerprint density at radius 2 is 1.67 bits per heavy atom. The lowest BCUT2D eigenvalue weighted by atomic mass is 10.1. The normalized spacial score (nSPS) is 13.3. The number of carbonyl (C=O) groups is 1. The van der Waals surface area contributed by atoms with E-state index in [1.54, 1.807) is 12.4 Å². The summed E-state index contributed by atoms with van der Waals surface area (Å²) < 4.78 is 39.9. The number of pyridine rings is 3. The van der Waals surface area contributed by atoms with Gasteiger partial charge in [-0.05, 0) is 36.4 Å². The summed E-state index contributed by atoms with van der Waals surface area (Å²) in [4.78, 5) is 34.5. The van der Waals surface area contributed by atoms with E-state index < -0.39 is 12.1 Å². The molecule has 0 unspecified atom stereocenters. The number of ether oxygens (including phenoxy) is 1. The van der Waals surface area contributed by atoms with Crippen molar-refractivity contribution in [3.05, 3.63) is 97.3 Å². The highest BCUT2D eigenvalue weighted by atomic mass is 19.4. The fourth-order valence-electron chi connectivity index (χ4n) is 4.92. The van der Waals surface area contributed by atoms with Gasteiger partial charge in [0.05, 0.1) is 23.1 Å². The molecule has 2 N–H and O–H groups in total. The molecule has 1 fully saturated rings. The average Bonchev–Trinajstić information content (AvgIpc) is 3.52. The zero-order valence-corrected chi connectivity index (χ0v) is 24.2. The first-order valence-corrected chi connectivity index (χ1v) is 14.2. The Kier molecular flexibility index (Phi) is 8.70. The molecule has 14 heteroatoms. The number of benzene rings is 1. The van der Waals surface area contributed by atoms with Crippen molar-refractivity contribution in [1.82, 2.24) is 34.6 Å². The highest BCUT2D eigenvalue weighted by molar-refractivity contribution is 5.79. The molecule has 0 saturated carbocycles. The number of carboxylic acids is 1. The second-order valence-electron chi connectivity index (χ2n) is 10.2. The molecule has 234 valence electrons. The number of carboxylic acid groups (broad SMARTS) is 1. The van der Waals surface area contributed by atoms with Gasteiger partial charge in [-0.2, -0.15) is 13.2 Å². The van der Waals surface area contributed by atoms with Gasteiger partial charge in [-0.25, -0.2) is 19.7 Å². The van der Waals surface area contributed by atoms with Crippen LogP contribution in [-0.4, -0.2) is 72.8 Å². The topological polar surface area (TPSA) is 131 Å². The third-order valence-corrected chi connectivity index (χ3v) is 7.16. The smallest absolute Gasteiger partial charge is 0.475 e. The van der Waals surface area contributed by atoms with Crippen LogP contribution in [0.2, 0.25) is 0 Å². The maximum Gasteiger partial charge on any atom is 0.490 e. The number of hydrogen-bond donors (Lipinski definition) is 2. The largest absolute Gasteiger partial charge is 0.490 e. The minimum atomic E-state index is -5.08. The van der Waals surface area contributed by atoms with Crippen LogP contribution in [0.1, 0.15) is 5.69 Å². The number of nitrogens with one attached hydrogen (secondary N) is 1. The minimum Gasteiger partial charge on any atom is -0.475 e. The Bertz CT molecular complexity index is 1960. The quantitative estimate of drug-likeness (QED) is 0.259. The number of rotatable bonds is 6. The lowest BCUT2D eigenvalue weighted by Gasteiger charge is -2.28. The summed E-state index contributed by atoms with van der Waals surface area (Å²) in [7, 11) is 0. The van der Waals surface area contributed by atoms with Gasteiger partial charge in [0.25, 0.3) is 0 Å². The number of aromatic nitrogens is 6. The number of piperazine rings is 1. The Morgan fingerprint density at radius 1 is 0.913 bits per heavy atom. The molecular weight excluding hydrogens is 601 g/mol. The van der Waals surface area contributed by atoms with Gasteiger partial charge in [-0.3, -0.25) is 14.4 Å². The highest BCUT2D eigenvalue weighted by Gasteiger charge is 2.38. The number of hydrogen-bond acceptors (Lipinski definition) is 9. The van der Waals surface area contributed by atoms with Crippen molar-refractivity contribution in [3.8, 4) is 28.4 Å². The van der Waals surface area contributed by atoms with Gasteiger partial charge < -0.3 is 20.1 Å². The van der Waals surface area contributed by atoms with Crippen LogP contribution in [0, 0.1) is 0 Å². The van der Waals surface area contributed by atoms with Crippen LogP contribution in [0.5, 0.6) is 5.88 Å². The second kappa shape index (κ2) is 13.2. The zero-order valence-electron chi connectivity index (χ0n) is 24.2. The van der Waals surface area contributed by atoms with E-state index in [-0.39, 0.29) is 6.61 Å². The number of nitrogens with zero attached hydrogens (tertiary/aromatic N) is 7. The molecule has 1 aromatic carbocycles. The lowest BCUT2D eigenvalue weighted by molar-refractivity contribution is -0.192. The number of alkyl halides is 3. The number of para-hydroxylation sites is 1. The van der Waals surface area contributed by atoms with Crippen LogP contribution >= 0.6 is 0 Å². The van der Waals surface area contributed by atoms with E-state index in [9.17, 15) is 13.2 Å². The van der Waals surface area contributed by atoms with E-state index in [1.165, 1.54) is 0 Å². The molecule has 0 amide bonds. The molecule has 6 heterocycles. The molecule has 1 aliphatic rings. The van der Waals surface area contributed by atoms with E-state index in [0.29, 0.717) is 5.88 Å². The first-order chi connectivity index (χ1) is 22.3. The minimum absolute atomic E-state index is 0.280. The van der Waals surface area contributed by atoms with Crippen molar-refractivity contribution in [2.45, 2.75) is 12.8 Å². The van der Waals surface area contributed by atoms with Crippen molar-refractivity contribution >= 4 is 28.3 Å². The maximum absolute atomic E-state index is 10.6. The van der Waals surface area contributed by atoms with Gasteiger partial charge in [0, 0.05) is 73.5 Å². The van der Waals surface area contributed by atoms with Crippen molar-refractivity contribution in [1.29, 1.82) is 0 Å². The Morgan fingerprint density at radius 3 is 2.39 bits per heavy atom. The maximum atomic E-state index is 10.6. The summed E-state index contributed by atoms with van der Waals surface area (Å²) in [6.07, 6.45) is 4.23. The molecule has 6 aromatic rings. The van der Waals surface area contributed by atoms with Crippen LogP contribution < -0.4 is 15.0 Å². The highest BCUT2D eigenvalue weighted by Crippen LogP contribution is 2.28. The zero-order chi connectivity index (χ0) is 32.1. The van der Waals surface area contributed by atoms with Crippen LogP contribution in [0.15, 0.2) is 91.6 Å².